The van der Waals surface area contributed by atoms with Gasteiger partial charge in [-0.25, -0.2) is 0 Å². The molecule has 0 unspecified atom stereocenters. The van der Waals surface area contributed by atoms with Gasteiger partial charge in [0.25, 0.3) is 5.91 Å². The molecule has 2 heterocycles. The predicted molar refractivity (Wildman–Crippen MR) is 91.5 cm³/mol. The maximum Gasteiger partial charge on any atom is 0.250 e. The Hall–Kier alpha value is -1.59. The number of ether oxygens (including phenoxy) is 1. The number of carbonyl (C=O) groups excluding carboxylic acids is 1. The summed E-state index contributed by atoms with van der Waals surface area (Å²) in [6, 6.07) is 5.89. The molecule has 1 aromatic rings. The third kappa shape index (κ3) is 3.35. The van der Waals surface area contributed by atoms with Crippen molar-refractivity contribution in [3.63, 3.8) is 0 Å². The minimum Gasteiger partial charge on any atom is -0.381 e. The molecule has 2 aliphatic rings. The number of nitrogens with zero attached hydrogens (tertiary/aromatic N) is 1. The van der Waals surface area contributed by atoms with Crippen molar-refractivity contribution in [3.05, 3.63) is 29.3 Å². The molecule has 4 N–H and O–H groups in total. The summed E-state index contributed by atoms with van der Waals surface area (Å²) in [7, 11) is 0. The van der Waals surface area contributed by atoms with Gasteiger partial charge in [-0.3, -0.25) is 4.79 Å². The van der Waals surface area contributed by atoms with Crippen LogP contribution in [0.25, 0.3) is 0 Å². The molecule has 5 nitrogen and oxygen atoms in total. The first-order valence-electron chi connectivity index (χ1n) is 8.55. The van der Waals surface area contributed by atoms with Gasteiger partial charge in [0, 0.05) is 37.5 Å². The second-order valence-corrected chi connectivity index (χ2v) is 7.03. The highest BCUT2D eigenvalue weighted by atomic mass is 16.5. The van der Waals surface area contributed by atoms with Gasteiger partial charge in [0.2, 0.25) is 0 Å². The maximum absolute atomic E-state index is 11.8. The first-order chi connectivity index (χ1) is 11.0. The first kappa shape index (κ1) is 16.3. The Balaban J connectivity index is 1.94. The Labute approximate surface area is 138 Å². The van der Waals surface area contributed by atoms with E-state index in [4.69, 9.17) is 16.2 Å². The van der Waals surface area contributed by atoms with Crippen LogP contribution < -0.4 is 16.4 Å². The SMILES string of the molecule is CC1CCN(c2cc(C3(N)CCOCC3)ccc2C(N)=O)CC1. The molecule has 0 saturated carbocycles. The Morgan fingerprint density at radius 2 is 1.91 bits per heavy atom. The number of nitrogens with two attached hydrogens (primary N) is 2. The van der Waals surface area contributed by atoms with Crippen molar-refractivity contribution in [1.29, 1.82) is 0 Å². The molecule has 2 saturated heterocycles. The molecule has 5 heteroatoms. The number of hydrogen-bond donors (Lipinski definition) is 2. The minimum atomic E-state index is -0.372. The zero-order valence-electron chi connectivity index (χ0n) is 13.9. The molecule has 0 spiro atoms. The Morgan fingerprint density at radius 1 is 1.26 bits per heavy atom. The number of carbonyl (C=O) groups is 1. The second-order valence-electron chi connectivity index (χ2n) is 7.03. The number of benzene rings is 1. The van der Waals surface area contributed by atoms with Gasteiger partial charge in [-0.15, -0.1) is 0 Å². The van der Waals surface area contributed by atoms with Crippen LogP contribution >= 0.6 is 0 Å². The van der Waals surface area contributed by atoms with E-state index in [1.165, 1.54) is 0 Å². The summed E-state index contributed by atoms with van der Waals surface area (Å²) in [5.74, 6) is 0.367. The maximum atomic E-state index is 11.8. The largest absolute Gasteiger partial charge is 0.381 e. The molecule has 0 atom stereocenters. The summed E-state index contributed by atoms with van der Waals surface area (Å²) in [5, 5.41) is 0. The molecule has 2 fully saturated rings. The zero-order valence-corrected chi connectivity index (χ0v) is 13.9. The van der Waals surface area contributed by atoms with Crippen LogP contribution in [0.5, 0.6) is 0 Å². The molecule has 0 radical (unpaired) electrons. The van der Waals surface area contributed by atoms with E-state index in [1.807, 2.05) is 12.1 Å². The molecule has 0 aromatic heterocycles. The Kier molecular flexibility index (Phi) is 4.60. The van der Waals surface area contributed by atoms with E-state index < -0.39 is 0 Å². The van der Waals surface area contributed by atoms with Crippen molar-refractivity contribution in [3.8, 4) is 0 Å². The van der Waals surface area contributed by atoms with Crippen LogP contribution in [0.3, 0.4) is 0 Å². The third-order valence-corrected chi connectivity index (χ3v) is 5.35. The molecular formula is C18H27N3O2. The molecule has 1 aromatic carbocycles. The third-order valence-electron chi connectivity index (χ3n) is 5.35. The molecule has 126 valence electrons. The van der Waals surface area contributed by atoms with Gasteiger partial charge < -0.3 is 21.1 Å². The van der Waals surface area contributed by atoms with Crippen LogP contribution in [0.2, 0.25) is 0 Å². The average Bonchev–Trinajstić information content (AvgIpc) is 2.55. The zero-order chi connectivity index (χ0) is 16.4. The van der Waals surface area contributed by atoms with Gasteiger partial charge in [-0.05, 0) is 49.3 Å². The Bertz CT molecular complexity index is 574. The summed E-state index contributed by atoms with van der Waals surface area (Å²) in [5.41, 5.74) is 14.5. The van der Waals surface area contributed by atoms with Gasteiger partial charge in [-0.2, -0.15) is 0 Å². The summed E-state index contributed by atoms with van der Waals surface area (Å²) in [6.07, 6.45) is 3.90. The van der Waals surface area contributed by atoms with Crippen molar-refractivity contribution in [2.24, 2.45) is 17.4 Å². The van der Waals surface area contributed by atoms with Crippen LogP contribution in [-0.4, -0.2) is 32.2 Å². The highest BCUT2D eigenvalue weighted by Crippen LogP contribution is 2.34. The van der Waals surface area contributed by atoms with E-state index in [9.17, 15) is 4.79 Å². The predicted octanol–water partition coefficient (Wildman–Crippen LogP) is 1.99. The highest BCUT2D eigenvalue weighted by Gasteiger charge is 2.31. The highest BCUT2D eigenvalue weighted by molar-refractivity contribution is 5.98. The molecule has 1 amide bonds. The van der Waals surface area contributed by atoms with Gasteiger partial charge in [-0.1, -0.05) is 13.0 Å². The topological polar surface area (TPSA) is 81.6 Å². The van der Waals surface area contributed by atoms with E-state index in [2.05, 4.69) is 17.9 Å². The minimum absolute atomic E-state index is 0.369. The lowest BCUT2D eigenvalue weighted by Gasteiger charge is -2.37. The van der Waals surface area contributed by atoms with Crippen LogP contribution in [0, 0.1) is 5.92 Å². The fourth-order valence-corrected chi connectivity index (χ4v) is 3.59. The van der Waals surface area contributed by atoms with Crippen LogP contribution in [0.1, 0.15) is 48.5 Å². The molecular weight excluding hydrogens is 290 g/mol. The van der Waals surface area contributed by atoms with E-state index in [0.717, 1.165) is 55.9 Å². The van der Waals surface area contributed by atoms with E-state index in [1.54, 1.807) is 0 Å². The van der Waals surface area contributed by atoms with E-state index in [0.29, 0.717) is 18.8 Å². The molecule has 3 rings (SSSR count). The number of anilines is 1. The van der Waals surface area contributed by atoms with Crippen molar-refractivity contribution < 1.29 is 9.53 Å². The lowest BCUT2D eigenvalue weighted by molar-refractivity contribution is 0.0522. The van der Waals surface area contributed by atoms with Crippen molar-refractivity contribution in [1.82, 2.24) is 0 Å². The lowest BCUT2D eigenvalue weighted by Crippen LogP contribution is -2.42. The van der Waals surface area contributed by atoms with Crippen LogP contribution in [-0.2, 0) is 10.3 Å². The molecule has 23 heavy (non-hydrogen) atoms. The van der Waals surface area contributed by atoms with Crippen molar-refractivity contribution >= 4 is 11.6 Å². The fourth-order valence-electron chi connectivity index (χ4n) is 3.59. The second kappa shape index (κ2) is 6.49. The quantitative estimate of drug-likeness (QED) is 0.893. The number of piperidine rings is 1. The summed E-state index contributed by atoms with van der Waals surface area (Å²) >= 11 is 0. The first-order valence-corrected chi connectivity index (χ1v) is 8.55. The van der Waals surface area contributed by atoms with Crippen molar-refractivity contribution in [2.75, 3.05) is 31.2 Å². The van der Waals surface area contributed by atoms with Crippen LogP contribution in [0.4, 0.5) is 5.69 Å². The van der Waals surface area contributed by atoms with Gasteiger partial charge >= 0.3 is 0 Å². The standard InChI is InChI=1S/C18H27N3O2/c1-13-4-8-21(9-5-13)16-12-14(2-3-15(16)17(19)22)18(20)6-10-23-11-7-18/h2-3,12-13H,4-11,20H2,1H3,(H2,19,22). The molecule has 2 aliphatic heterocycles. The average molecular weight is 317 g/mol. The van der Waals surface area contributed by atoms with Crippen LogP contribution in [0.15, 0.2) is 18.2 Å². The fraction of sp³-hybridized carbons (Fsp3) is 0.611. The smallest absolute Gasteiger partial charge is 0.250 e. The Morgan fingerprint density at radius 3 is 2.52 bits per heavy atom. The number of primary amides is 1. The number of amides is 1. The van der Waals surface area contributed by atoms with Crippen molar-refractivity contribution in [2.45, 2.75) is 38.1 Å². The monoisotopic (exact) mass is 317 g/mol. The lowest BCUT2D eigenvalue weighted by atomic mass is 9.83. The van der Waals surface area contributed by atoms with E-state index in [-0.39, 0.29) is 11.4 Å². The number of rotatable bonds is 3. The summed E-state index contributed by atoms with van der Waals surface area (Å²) < 4.78 is 5.44. The van der Waals surface area contributed by atoms with E-state index >= 15 is 0 Å². The van der Waals surface area contributed by atoms with Gasteiger partial charge in [0.05, 0.1) is 5.56 Å². The number of hydrogen-bond acceptors (Lipinski definition) is 4. The molecule has 0 aliphatic carbocycles. The summed E-state index contributed by atoms with van der Waals surface area (Å²) in [4.78, 5) is 14.1. The molecule has 0 bridgehead atoms. The normalized spacial score (nSPS) is 22.1. The van der Waals surface area contributed by atoms with Gasteiger partial charge in [0.1, 0.15) is 0 Å². The summed E-state index contributed by atoms with van der Waals surface area (Å²) in [6.45, 7) is 5.58. The van der Waals surface area contributed by atoms with Gasteiger partial charge in [0.15, 0.2) is 0 Å².